The number of halogens is 5. The molecule has 2 nitrogen and oxygen atoms in total. The van der Waals surface area contributed by atoms with Gasteiger partial charge in [-0.3, -0.25) is 0 Å². The Labute approximate surface area is 89.1 Å². The second-order valence-corrected chi connectivity index (χ2v) is 2.73. The van der Waals surface area contributed by atoms with Crippen molar-refractivity contribution in [2.24, 2.45) is 5.73 Å². The molecule has 0 heterocycles. The summed E-state index contributed by atoms with van der Waals surface area (Å²) in [6, 6.07) is -0.0311. The molecular weight excluding hydrogens is 238 g/mol. The molecule has 0 saturated heterocycles. The normalized spacial score (nSPS) is 13.1. The van der Waals surface area contributed by atoms with E-state index in [2.05, 4.69) is 0 Å². The number of rotatable bonds is 1. The van der Waals surface area contributed by atoms with Gasteiger partial charge in [-0.05, 0) is 6.07 Å². The van der Waals surface area contributed by atoms with E-state index in [9.17, 15) is 17.6 Å². The maximum absolute atomic E-state index is 12.9. The molecule has 0 aliphatic carbocycles. The summed E-state index contributed by atoms with van der Waals surface area (Å²) in [6.45, 7) is 0. The minimum absolute atomic E-state index is 0. The Hall–Kier alpha value is -1.01. The van der Waals surface area contributed by atoms with E-state index in [0.29, 0.717) is 6.07 Å². The van der Waals surface area contributed by atoms with Gasteiger partial charge in [0.05, 0.1) is 0 Å². The Balaban J connectivity index is 0.00000196. The van der Waals surface area contributed by atoms with E-state index in [4.69, 9.17) is 10.8 Å². The SMILES string of the molecule is Cl.N[C@H](c1ccc(O)cc1F)C(F)(F)F. The van der Waals surface area contributed by atoms with Gasteiger partial charge in [0.2, 0.25) is 0 Å². The molecule has 0 aliphatic rings. The first-order chi connectivity index (χ1) is 6.32. The van der Waals surface area contributed by atoms with E-state index >= 15 is 0 Å². The molecule has 86 valence electrons. The molecule has 0 fully saturated rings. The first-order valence-corrected chi connectivity index (χ1v) is 3.63. The van der Waals surface area contributed by atoms with Crippen molar-refractivity contribution in [2.45, 2.75) is 12.2 Å². The molecule has 1 rings (SSSR count). The van der Waals surface area contributed by atoms with Crippen molar-refractivity contribution in [3.8, 4) is 5.75 Å². The summed E-state index contributed by atoms with van der Waals surface area (Å²) in [5, 5.41) is 8.76. The van der Waals surface area contributed by atoms with Crippen molar-refractivity contribution in [3.05, 3.63) is 29.6 Å². The van der Waals surface area contributed by atoms with Crippen molar-refractivity contribution in [3.63, 3.8) is 0 Å². The van der Waals surface area contributed by atoms with Crippen molar-refractivity contribution >= 4 is 12.4 Å². The van der Waals surface area contributed by atoms with Gasteiger partial charge in [0.1, 0.15) is 17.6 Å². The number of alkyl halides is 3. The molecule has 1 aromatic rings. The fourth-order valence-electron chi connectivity index (χ4n) is 0.945. The highest BCUT2D eigenvalue weighted by atomic mass is 35.5. The molecule has 1 atom stereocenters. The van der Waals surface area contributed by atoms with E-state index in [-0.39, 0.29) is 12.4 Å². The average molecular weight is 246 g/mol. The molecule has 0 bridgehead atoms. The van der Waals surface area contributed by atoms with Crippen LogP contribution in [0.3, 0.4) is 0 Å². The fraction of sp³-hybridized carbons (Fsp3) is 0.250. The zero-order chi connectivity index (χ0) is 10.9. The molecule has 7 heteroatoms. The van der Waals surface area contributed by atoms with Gasteiger partial charge in [-0.25, -0.2) is 4.39 Å². The number of nitrogens with two attached hydrogens (primary N) is 1. The van der Waals surface area contributed by atoms with Gasteiger partial charge >= 0.3 is 6.18 Å². The first-order valence-electron chi connectivity index (χ1n) is 3.63. The van der Waals surface area contributed by atoms with Crippen LogP contribution in [0.4, 0.5) is 17.6 Å². The Kier molecular flexibility index (Phi) is 4.36. The molecule has 0 radical (unpaired) electrons. The van der Waals surface area contributed by atoms with Gasteiger partial charge in [-0.15, -0.1) is 12.4 Å². The summed E-state index contributed by atoms with van der Waals surface area (Å²) in [7, 11) is 0. The van der Waals surface area contributed by atoms with Crippen LogP contribution in [0.2, 0.25) is 0 Å². The van der Waals surface area contributed by atoms with Crippen LogP contribution >= 0.6 is 12.4 Å². The van der Waals surface area contributed by atoms with Crippen LogP contribution in [0, 0.1) is 5.82 Å². The van der Waals surface area contributed by atoms with E-state index < -0.39 is 29.3 Å². The van der Waals surface area contributed by atoms with Gasteiger partial charge in [0.25, 0.3) is 0 Å². The van der Waals surface area contributed by atoms with Crippen LogP contribution in [0.15, 0.2) is 18.2 Å². The number of benzene rings is 1. The number of phenols is 1. The minimum atomic E-state index is -4.70. The smallest absolute Gasteiger partial charge is 0.407 e. The molecule has 1 aromatic carbocycles. The lowest BCUT2D eigenvalue weighted by Crippen LogP contribution is -2.29. The summed E-state index contributed by atoms with van der Waals surface area (Å²) in [4.78, 5) is 0. The van der Waals surface area contributed by atoms with Crippen LogP contribution < -0.4 is 5.73 Å². The van der Waals surface area contributed by atoms with Crippen molar-refractivity contribution in [1.29, 1.82) is 0 Å². The molecular formula is C8H8ClF4NO. The van der Waals surface area contributed by atoms with Gasteiger partial charge < -0.3 is 10.8 Å². The van der Waals surface area contributed by atoms with Crippen LogP contribution in [0.5, 0.6) is 5.75 Å². The van der Waals surface area contributed by atoms with E-state index in [1.165, 1.54) is 0 Å². The van der Waals surface area contributed by atoms with Crippen molar-refractivity contribution in [2.75, 3.05) is 0 Å². The van der Waals surface area contributed by atoms with Crippen molar-refractivity contribution < 1.29 is 22.7 Å². The number of hydrogen-bond acceptors (Lipinski definition) is 2. The maximum atomic E-state index is 12.9. The van der Waals surface area contributed by atoms with Crippen LogP contribution in [-0.2, 0) is 0 Å². The molecule has 0 saturated carbocycles. The second-order valence-electron chi connectivity index (χ2n) is 2.73. The Bertz CT molecular complexity index is 342. The zero-order valence-electron chi connectivity index (χ0n) is 7.25. The molecule has 15 heavy (non-hydrogen) atoms. The Morgan fingerprint density at radius 1 is 1.27 bits per heavy atom. The third-order valence-electron chi connectivity index (χ3n) is 1.67. The molecule has 0 aliphatic heterocycles. The first kappa shape index (κ1) is 14.0. The topological polar surface area (TPSA) is 46.2 Å². The predicted octanol–water partition coefficient (Wildman–Crippen LogP) is 2.52. The summed E-state index contributed by atoms with van der Waals surface area (Å²) in [6.07, 6.45) is -4.70. The van der Waals surface area contributed by atoms with E-state index in [1.807, 2.05) is 0 Å². The van der Waals surface area contributed by atoms with Crippen LogP contribution in [-0.4, -0.2) is 11.3 Å². The standard InChI is InChI=1S/C8H7F4NO.ClH/c9-6-3-4(14)1-2-5(6)7(13)8(10,11)12;/h1-3,7,14H,13H2;1H/t7-;/m1./s1. The summed E-state index contributed by atoms with van der Waals surface area (Å²) >= 11 is 0. The van der Waals surface area contributed by atoms with E-state index in [0.717, 1.165) is 12.1 Å². The third kappa shape index (κ3) is 3.24. The average Bonchev–Trinajstić information content (AvgIpc) is 2.01. The van der Waals surface area contributed by atoms with Gasteiger partial charge in [0.15, 0.2) is 0 Å². The maximum Gasteiger partial charge on any atom is 0.407 e. The highest BCUT2D eigenvalue weighted by molar-refractivity contribution is 5.85. The number of hydrogen-bond donors (Lipinski definition) is 2. The molecule has 0 spiro atoms. The molecule has 0 aromatic heterocycles. The van der Waals surface area contributed by atoms with E-state index in [1.54, 1.807) is 0 Å². The van der Waals surface area contributed by atoms with Crippen LogP contribution in [0.25, 0.3) is 0 Å². The Morgan fingerprint density at radius 3 is 2.20 bits per heavy atom. The minimum Gasteiger partial charge on any atom is -0.508 e. The molecule has 0 unspecified atom stereocenters. The highest BCUT2D eigenvalue weighted by Gasteiger charge is 2.39. The summed E-state index contributed by atoms with van der Waals surface area (Å²) in [5.74, 6) is -1.62. The third-order valence-corrected chi connectivity index (χ3v) is 1.67. The highest BCUT2D eigenvalue weighted by Crippen LogP contribution is 2.32. The monoisotopic (exact) mass is 245 g/mol. The predicted molar refractivity (Wildman–Crippen MR) is 48.3 cm³/mol. The summed E-state index contributed by atoms with van der Waals surface area (Å²) < 4.78 is 49.1. The molecule has 3 N–H and O–H groups in total. The number of phenolic OH excluding ortho intramolecular Hbond substituents is 1. The van der Waals surface area contributed by atoms with Gasteiger partial charge in [-0.1, -0.05) is 6.07 Å². The quantitative estimate of drug-likeness (QED) is 0.747. The largest absolute Gasteiger partial charge is 0.508 e. The Morgan fingerprint density at radius 2 is 1.80 bits per heavy atom. The lowest BCUT2D eigenvalue weighted by molar-refractivity contribution is -0.149. The second kappa shape index (κ2) is 4.67. The fourth-order valence-corrected chi connectivity index (χ4v) is 0.945. The van der Waals surface area contributed by atoms with Gasteiger partial charge in [-0.2, -0.15) is 13.2 Å². The summed E-state index contributed by atoms with van der Waals surface area (Å²) in [5.41, 5.74) is 4.09. The van der Waals surface area contributed by atoms with Gasteiger partial charge in [0, 0.05) is 11.6 Å². The van der Waals surface area contributed by atoms with Crippen LogP contribution in [0.1, 0.15) is 11.6 Å². The lowest BCUT2D eigenvalue weighted by Gasteiger charge is -2.16. The van der Waals surface area contributed by atoms with Crippen molar-refractivity contribution in [1.82, 2.24) is 0 Å². The lowest BCUT2D eigenvalue weighted by atomic mass is 10.1. The zero-order valence-corrected chi connectivity index (χ0v) is 8.07. The molecule has 0 amide bonds. The number of aromatic hydroxyl groups is 1.